The Balaban J connectivity index is 1.71. The van der Waals surface area contributed by atoms with Crippen LogP contribution in [-0.2, 0) is 11.2 Å². The molecule has 1 amide bonds. The molecule has 0 saturated carbocycles. The lowest BCUT2D eigenvalue weighted by Gasteiger charge is -2.06. The molecule has 0 aliphatic rings. The number of carbonyl (C=O) groups excluding carboxylic acids is 2. The predicted octanol–water partition coefficient (Wildman–Crippen LogP) is 4.63. The molecule has 6 heteroatoms. The summed E-state index contributed by atoms with van der Waals surface area (Å²) in [6.45, 7) is 0. The van der Waals surface area contributed by atoms with Gasteiger partial charge in [0.1, 0.15) is 0 Å². The largest absolute Gasteiger partial charge is 0.357 e. The topological polar surface area (TPSA) is 74.8 Å². The van der Waals surface area contributed by atoms with Crippen molar-refractivity contribution in [3.63, 3.8) is 0 Å². The maximum atomic E-state index is 13.0. The van der Waals surface area contributed by atoms with E-state index in [1.165, 1.54) is 0 Å². The number of nitrogens with one attached hydrogen (secondary N) is 2. The number of carbonyl (C=O) groups is 2. The van der Waals surface area contributed by atoms with Gasteiger partial charge in [-0.2, -0.15) is 0 Å². The number of Topliss-reactive ketones (excluding diaryl/α,β-unsaturated/α-hetero) is 1. The molecule has 0 fully saturated rings. The lowest BCUT2D eigenvalue weighted by molar-refractivity contribution is -0.112. The summed E-state index contributed by atoms with van der Waals surface area (Å²) in [7, 11) is 0. The zero-order chi connectivity index (χ0) is 19.5. The van der Waals surface area contributed by atoms with Gasteiger partial charge in [0.25, 0.3) is 11.7 Å². The van der Waals surface area contributed by atoms with Crippen LogP contribution in [0.15, 0.2) is 73.1 Å². The number of aromatic amines is 1. The second-order valence-corrected chi connectivity index (χ2v) is 6.78. The second kappa shape index (κ2) is 7.66. The van der Waals surface area contributed by atoms with E-state index in [1.54, 1.807) is 36.7 Å². The van der Waals surface area contributed by atoms with Crippen molar-refractivity contribution in [1.29, 1.82) is 0 Å². The van der Waals surface area contributed by atoms with Crippen molar-refractivity contribution < 1.29 is 9.59 Å². The van der Waals surface area contributed by atoms with E-state index in [4.69, 9.17) is 11.6 Å². The molecule has 2 heterocycles. The molecule has 4 rings (SSSR count). The number of hydrogen-bond donors (Lipinski definition) is 2. The van der Waals surface area contributed by atoms with E-state index in [0.717, 1.165) is 16.5 Å². The van der Waals surface area contributed by atoms with Crippen LogP contribution in [0.1, 0.15) is 21.6 Å². The number of H-pyrrole nitrogens is 1. The standard InChI is InChI=1S/C22H16ClN3O2/c23-15-7-5-14(6-8-15)13-19-20(17-3-1-2-4-18(17)26-19)21(27)22(28)25-16-9-11-24-12-10-16/h1-12,26H,13H2,(H,24,25,28). The molecule has 2 aromatic carbocycles. The van der Waals surface area contributed by atoms with Gasteiger partial charge in [0.2, 0.25) is 0 Å². The number of aromatic nitrogens is 2. The van der Waals surface area contributed by atoms with Crippen LogP contribution in [0.25, 0.3) is 10.9 Å². The van der Waals surface area contributed by atoms with Gasteiger partial charge in [-0.05, 0) is 35.9 Å². The molecule has 0 aliphatic heterocycles. The van der Waals surface area contributed by atoms with Crippen LogP contribution in [0.4, 0.5) is 5.69 Å². The van der Waals surface area contributed by atoms with Gasteiger partial charge in [-0.15, -0.1) is 0 Å². The fourth-order valence-corrected chi connectivity index (χ4v) is 3.26. The second-order valence-electron chi connectivity index (χ2n) is 6.35. The fourth-order valence-electron chi connectivity index (χ4n) is 3.13. The highest BCUT2D eigenvalue weighted by molar-refractivity contribution is 6.48. The summed E-state index contributed by atoms with van der Waals surface area (Å²) < 4.78 is 0. The molecule has 0 aliphatic carbocycles. The van der Waals surface area contributed by atoms with Gasteiger partial charge < -0.3 is 10.3 Å². The summed E-state index contributed by atoms with van der Waals surface area (Å²) in [6.07, 6.45) is 3.59. The van der Waals surface area contributed by atoms with Crippen LogP contribution in [0.3, 0.4) is 0 Å². The van der Waals surface area contributed by atoms with Gasteiger partial charge in [0.05, 0.1) is 5.56 Å². The lowest BCUT2D eigenvalue weighted by Crippen LogP contribution is -2.23. The average Bonchev–Trinajstić information content (AvgIpc) is 3.07. The third kappa shape index (κ3) is 3.66. The average molecular weight is 390 g/mol. The maximum absolute atomic E-state index is 13.0. The number of benzene rings is 2. The first-order valence-electron chi connectivity index (χ1n) is 8.71. The van der Waals surface area contributed by atoms with Crippen LogP contribution < -0.4 is 5.32 Å². The summed E-state index contributed by atoms with van der Waals surface area (Å²) in [6, 6.07) is 18.1. The van der Waals surface area contributed by atoms with Crippen LogP contribution in [-0.4, -0.2) is 21.7 Å². The smallest absolute Gasteiger partial charge is 0.296 e. The highest BCUT2D eigenvalue weighted by atomic mass is 35.5. The number of para-hydroxylation sites is 1. The van der Waals surface area contributed by atoms with E-state index in [0.29, 0.717) is 28.4 Å². The number of hydrogen-bond acceptors (Lipinski definition) is 3. The van der Waals surface area contributed by atoms with Gasteiger partial charge in [-0.1, -0.05) is 41.9 Å². The molecule has 0 unspecified atom stereocenters. The first kappa shape index (κ1) is 17.9. The number of amides is 1. The number of nitrogens with zero attached hydrogens (tertiary/aromatic N) is 1. The van der Waals surface area contributed by atoms with Crippen LogP contribution in [0, 0.1) is 0 Å². The monoisotopic (exact) mass is 389 g/mol. The van der Waals surface area contributed by atoms with Crippen molar-refractivity contribution in [2.45, 2.75) is 6.42 Å². The van der Waals surface area contributed by atoms with Gasteiger partial charge in [0, 0.05) is 46.1 Å². The van der Waals surface area contributed by atoms with Gasteiger partial charge in [-0.25, -0.2) is 0 Å². The molecule has 0 spiro atoms. The van der Waals surface area contributed by atoms with Crippen molar-refractivity contribution in [3.05, 3.63) is 94.9 Å². The van der Waals surface area contributed by atoms with E-state index in [1.807, 2.05) is 36.4 Å². The van der Waals surface area contributed by atoms with E-state index in [2.05, 4.69) is 15.3 Å². The Labute approximate surface area is 166 Å². The molecule has 138 valence electrons. The van der Waals surface area contributed by atoms with Crippen LogP contribution in [0.2, 0.25) is 5.02 Å². The first-order chi connectivity index (χ1) is 13.6. The van der Waals surface area contributed by atoms with Crippen LogP contribution >= 0.6 is 11.6 Å². The number of pyridine rings is 1. The van der Waals surface area contributed by atoms with E-state index < -0.39 is 11.7 Å². The van der Waals surface area contributed by atoms with E-state index in [-0.39, 0.29) is 0 Å². The Morgan fingerprint density at radius 1 is 0.964 bits per heavy atom. The van der Waals surface area contributed by atoms with Crippen molar-refractivity contribution in [2.24, 2.45) is 0 Å². The Kier molecular flexibility index (Phi) is 4.91. The number of rotatable bonds is 5. The molecule has 2 N–H and O–H groups in total. The Hall–Kier alpha value is -3.44. The minimum atomic E-state index is -0.687. The third-order valence-electron chi connectivity index (χ3n) is 4.45. The van der Waals surface area contributed by atoms with E-state index >= 15 is 0 Å². The van der Waals surface area contributed by atoms with Gasteiger partial charge in [0.15, 0.2) is 0 Å². The SMILES string of the molecule is O=C(Nc1ccncc1)C(=O)c1c(Cc2ccc(Cl)cc2)[nH]c2ccccc12. The molecule has 0 radical (unpaired) electrons. The number of anilines is 1. The number of fused-ring (bicyclic) bond motifs is 1. The summed E-state index contributed by atoms with van der Waals surface area (Å²) in [5, 5.41) is 4.00. The molecule has 28 heavy (non-hydrogen) atoms. The Morgan fingerprint density at radius 2 is 1.68 bits per heavy atom. The van der Waals surface area contributed by atoms with Gasteiger partial charge >= 0.3 is 0 Å². The molecule has 5 nitrogen and oxygen atoms in total. The molecule has 0 atom stereocenters. The minimum absolute atomic E-state index is 0.386. The normalized spacial score (nSPS) is 10.8. The van der Waals surface area contributed by atoms with Crippen molar-refractivity contribution >= 4 is 39.9 Å². The van der Waals surface area contributed by atoms with Crippen LogP contribution in [0.5, 0.6) is 0 Å². The minimum Gasteiger partial charge on any atom is -0.357 e. The van der Waals surface area contributed by atoms with Crippen molar-refractivity contribution in [2.75, 3.05) is 5.32 Å². The molecular formula is C22H16ClN3O2. The quantitative estimate of drug-likeness (QED) is 0.386. The first-order valence-corrected chi connectivity index (χ1v) is 9.09. The zero-order valence-corrected chi connectivity index (χ0v) is 15.5. The Bertz CT molecular complexity index is 1150. The molecule has 2 aromatic heterocycles. The van der Waals surface area contributed by atoms with Crippen molar-refractivity contribution in [1.82, 2.24) is 9.97 Å². The number of halogens is 1. The highest BCUT2D eigenvalue weighted by Gasteiger charge is 2.24. The lowest BCUT2D eigenvalue weighted by atomic mass is 10.0. The van der Waals surface area contributed by atoms with Crippen molar-refractivity contribution in [3.8, 4) is 0 Å². The fraction of sp³-hybridized carbons (Fsp3) is 0.0455. The molecule has 0 bridgehead atoms. The molecular weight excluding hydrogens is 374 g/mol. The summed E-state index contributed by atoms with van der Waals surface area (Å²) in [4.78, 5) is 32.8. The third-order valence-corrected chi connectivity index (χ3v) is 4.70. The predicted molar refractivity (Wildman–Crippen MR) is 110 cm³/mol. The highest BCUT2D eigenvalue weighted by Crippen LogP contribution is 2.26. The maximum Gasteiger partial charge on any atom is 0.296 e. The Morgan fingerprint density at radius 3 is 2.43 bits per heavy atom. The summed E-state index contributed by atoms with van der Waals surface area (Å²) >= 11 is 5.96. The molecule has 0 saturated heterocycles. The zero-order valence-electron chi connectivity index (χ0n) is 14.8. The summed E-state index contributed by atoms with van der Waals surface area (Å²) in [5.74, 6) is -1.27. The number of ketones is 1. The summed E-state index contributed by atoms with van der Waals surface area (Å²) in [5.41, 5.74) is 3.40. The van der Waals surface area contributed by atoms with E-state index in [9.17, 15) is 9.59 Å². The molecule has 4 aromatic rings. The van der Waals surface area contributed by atoms with Gasteiger partial charge in [-0.3, -0.25) is 14.6 Å².